The van der Waals surface area contributed by atoms with Gasteiger partial charge in [0.05, 0.1) is 0 Å². The van der Waals surface area contributed by atoms with E-state index in [2.05, 4.69) is 64.2 Å². The molecule has 0 fully saturated rings. The van der Waals surface area contributed by atoms with Crippen LogP contribution in [0.25, 0.3) is 10.8 Å². The van der Waals surface area contributed by atoms with Crippen LogP contribution >= 0.6 is 0 Å². The number of phenols is 1. The van der Waals surface area contributed by atoms with Gasteiger partial charge in [-0.1, -0.05) is 75.8 Å². The first-order valence-corrected chi connectivity index (χ1v) is 10.4. The lowest BCUT2D eigenvalue weighted by Gasteiger charge is -2.29. The van der Waals surface area contributed by atoms with Gasteiger partial charge in [0.15, 0.2) is 0 Å². The summed E-state index contributed by atoms with van der Waals surface area (Å²) in [5, 5.41) is 14.5. The summed E-state index contributed by atoms with van der Waals surface area (Å²) in [5.41, 5.74) is 3.23. The number of phenolic OH excluding ortho intramolecular Hbond substituents is 1. The zero-order chi connectivity index (χ0) is 15.6. The van der Waals surface area contributed by atoms with Gasteiger partial charge in [-0.3, -0.25) is 0 Å². The maximum absolute atomic E-state index is 11.0. The second-order valence-corrected chi connectivity index (χ2v) is 10.8. The van der Waals surface area contributed by atoms with Gasteiger partial charge in [0, 0.05) is 5.56 Å². The molecule has 1 N–H and O–H groups in total. The third-order valence-corrected chi connectivity index (χ3v) is 9.59. The van der Waals surface area contributed by atoms with Gasteiger partial charge in [-0.2, -0.15) is 0 Å². The molecule has 21 heavy (non-hydrogen) atoms. The van der Waals surface area contributed by atoms with E-state index < -0.39 is 8.07 Å². The monoisotopic (exact) mass is 298 g/mol. The van der Waals surface area contributed by atoms with Gasteiger partial charge in [-0.15, -0.1) is 6.58 Å². The summed E-state index contributed by atoms with van der Waals surface area (Å²) in [7, 11) is -1.82. The highest BCUT2D eigenvalue weighted by molar-refractivity contribution is 6.96. The molecule has 0 bridgehead atoms. The molecule has 0 spiro atoms. The van der Waals surface area contributed by atoms with Crippen LogP contribution < -0.4 is 5.19 Å². The normalized spacial score (nSPS) is 12.0. The maximum atomic E-state index is 11.0. The molecule has 0 heterocycles. The van der Waals surface area contributed by atoms with E-state index in [-0.39, 0.29) is 0 Å². The molecule has 2 aromatic carbocycles. The van der Waals surface area contributed by atoms with E-state index in [9.17, 15) is 5.11 Å². The lowest BCUT2D eigenvalue weighted by molar-refractivity contribution is 0.470. The number of benzene rings is 2. The first-order valence-electron chi connectivity index (χ1n) is 7.89. The van der Waals surface area contributed by atoms with Gasteiger partial charge in [-0.05, 0) is 21.9 Å². The lowest BCUT2D eigenvalue weighted by Crippen LogP contribution is -2.45. The first kappa shape index (κ1) is 15.8. The number of rotatable bonds is 5. The zero-order valence-electron chi connectivity index (χ0n) is 13.6. The van der Waals surface area contributed by atoms with Crippen molar-refractivity contribution < 1.29 is 5.11 Å². The average Bonchev–Trinajstić information content (AvgIpc) is 2.49. The number of aromatic hydroxyl groups is 1. The predicted octanol–water partition coefficient (Wildman–Crippen LogP) is 5.09. The Morgan fingerprint density at radius 3 is 2.33 bits per heavy atom. The summed E-state index contributed by atoms with van der Waals surface area (Å²) in [5.74, 6) is 0.819. The molecule has 0 aliphatic rings. The van der Waals surface area contributed by atoms with Crippen molar-refractivity contribution in [3.05, 3.63) is 48.2 Å². The van der Waals surface area contributed by atoms with Crippen molar-refractivity contribution in [3.8, 4) is 5.75 Å². The van der Waals surface area contributed by atoms with Gasteiger partial charge in [0.25, 0.3) is 0 Å². The Kier molecular flexibility index (Phi) is 4.57. The van der Waals surface area contributed by atoms with Crippen molar-refractivity contribution in [1.82, 2.24) is 0 Å². The Morgan fingerprint density at radius 1 is 1.19 bits per heavy atom. The molecule has 0 aliphatic heterocycles. The standard InChI is InChI=1S/C19H26OSi/c1-6-21(7-2,8-3)17-13-15-11-9-10-12-16(15)18(14(4)5)19(17)20/h6,9-14,20H,1,7-8H2,2-5H3. The summed E-state index contributed by atoms with van der Waals surface area (Å²) in [6.07, 6.45) is 0. The van der Waals surface area contributed by atoms with Crippen LogP contribution in [0, 0.1) is 0 Å². The Morgan fingerprint density at radius 2 is 1.81 bits per heavy atom. The zero-order valence-corrected chi connectivity index (χ0v) is 14.6. The minimum atomic E-state index is -1.82. The van der Waals surface area contributed by atoms with Crippen molar-refractivity contribution in [2.24, 2.45) is 0 Å². The van der Waals surface area contributed by atoms with Gasteiger partial charge in [0.1, 0.15) is 13.8 Å². The fourth-order valence-electron chi connectivity index (χ4n) is 3.36. The summed E-state index contributed by atoms with van der Waals surface area (Å²) in [4.78, 5) is 0. The molecule has 0 saturated carbocycles. The molecule has 2 rings (SSSR count). The van der Waals surface area contributed by atoms with E-state index in [0.717, 1.165) is 22.8 Å². The molecule has 2 aromatic rings. The maximum Gasteiger partial charge on any atom is 0.119 e. The Labute approximate surface area is 129 Å². The van der Waals surface area contributed by atoms with Crippen LogP contribution in [0.5, 0.6) is 5.75 Å². The van der Waals surface area contributed by atoms with Crippen LogP contribution in [0.3, 0.4) is 0 Å². The topological polar surface area (TPSA) is 20.2 Å². The minimum Gasteiger partial charge on any atom is -0.508 e. The number of hydrogen-bond acceptors (Lipinski definition) is 1. The molecular formula is C19H26OSi. The van der Waals surface area contributed by atoms with E-state index in [1.807, 2.05) is 6.07 Å². The summed E-state index contributed by atoms with van der Waals surface area (Å²) in [6, 6.07) is 12.7. The van der Waals surface area contributed by atoms with Crippen molar-refractivity contribution >= 4 is 24.0 Å². The van der Waals surface area contributed by atoms with Gasteiger partial charge < -0.3 is 5.11 Å². The summed E-state index contributed by atoms with van der Waals surface area (Å²) in [6.45, 7) is 12.9. The summed E-state index contributed by atoms with van der Waals surface area (Å²) >= 11 is 0. The van der Waals surface area contributed by atoms with E-state index in [1.165, 1.54) is 10.8 Å². The third-order valence-electron chi connectivity index (χ3n) is 4.83. The van der Waals surface area contributed by atoms with Crippen LogP contribution in [-0.2, 0) is 0 Å². The van der Waals surface area contributed by atoms with Gasteiger partial charge in [-0.25, -0.2) is 0 Å². The predicted molar refractivity (Wildman–Crippen MR) is 96.2 cm³/mol. The number of fused-ring (bicyclic) bond motifs is 1. The largest absolute Gasteiger partial charge is 0.508 e. The van der Waals surface area contributed by atoms with Crippen LogP contribution in [0.4, 0.5) is 0 Å². The first-order chi connectivity index (χ1) is 10.0. The lowest BCUT2D eigenvalue weighted by atomic mass is 9.95. The van der Waals surface area contributed by atoms with E-state index in [0.29, 0.717) is 11.7 Å². The van der Waals surface area contributed by atoms with Crippen LogP contribution in [-0.4, -0.2) is 13.2 Å². The molecule has 0 atom stereocenters. The molecule has 1 nitrogen and oxygen atoms in total. The van der Waals surface area contributed by atoms with Gasteiger partial charge in [0.2, 0.25) is 0 Å². The minimum absolute atomic E-state index is 0.306. The second-order valence-electron chi connectivity index (χ2n) is 6.13. The molecule has 0 aliphatic carbocycles. The smallest absolute Gasteiger partial charge is 0.119 e. The van der Waals surface area contributed by atoms with Crippen LogP contribution in [0.2, 0.25) is 12.1 Å². The number of hydrogen-bond donors (Lipinski definition) is 1. The van der Waals surface area contributed by atoms with Crippen molar-refractivity contribution in [2.75, 3.05) is 0 Å². The molecule has 0 saturated heterocycles. The van der Waals surface area contributed by atoms with Crippen molar-refractivity contribution in [1.29, 1.82) is 0 Å². The van der Waals surface area contributed by atoms with E-state index in [1.54, 1.807) is 0 Å². The molecule has 0 aromatic heterocycles. The second kappa shape index (κ2) is 6.06. The highest BCUT2D eigenvalue weighted by atomic mass is 28.3. The molecule has 0 amide bonds. The van der Waals surface area contributed by atoms with Crippen LogP contribution in [0.15, 0.2) is 42.6 Å². The summed E-state index contributed by atoms with van der Waals surface area (Å²) < 4.78 is 0. The Hall–Kier alpha value is -1.54. The fraction of sp³-hybridized carbons (Fsp3) is 0.368. The highest BCUT2D eigenvalue weighted by Gasteiger charge is 2.32. The highest BCUT2D eigenvalue weighted by Crippen LogP contribution is 2.35. The van der Waals surface area contributed by atoms with Gasteiger partial charge >= 0.3 is 0 Å². The van der Waals surface area contributed by atoms with Crippen LogP contribution in [0.1, 0.15) is 39.2 Å². The van der Waals surface area contributed by atoms with Crippen molar-refractivity contribution in [3.63, 3.8) is 0 Å². The average molecular weight is 299 g/mol. The quantitative estimate of drug-likeness (QED) is 0.762. The molecular weight excluding hydrogens is 272 g/mol. The SMILES string of the molecule is C=C[Si](CC)(CC)c1cc2ccccc2c(C(C)C)c1O. The van der Waals surface area contributed by atoms with E-state index >= 15 is 0 Å². The molecule has 0 unspecified atom stereocenters. The molecule has 0 radical (unpaired) electrons. The molecule has 2 heteroatoms. The molecule has 112 valence electrons. The Balaban J connectivity index is 2.88. The van der Waals surface area contributed by atoms with E-state index in [4.69, 9.17) is 0 Å². The van der Waals surface area contributed by atoms with Crippen molar-refractivity contribution in [2.45, 2.75) is 45.7 Å². The third kappa shape index (κ3) is 2.53. The Bertz CT molecular complexity index is 654. The fourth-order valence-corrected chi connectivity index (χ4v) is 6.47.